The monoisotopic (exact) mass is 212 g/mol. The molecule has 2 aromatic rings. The highest BCUT2D eigenvalue weighted by molar-refractivity contribution is 5.83. The molecule has 0 radical (unpaired) electrons. The number of hydrogen-bond acceptors (Lipinski definition) is 2. The van der Waals surface area contributed by atoms with Crippen LogP contribution < -0.4 is 0 Å². The van der Waals surface area contributed by atoms with Crippen molar-refractivity contribution in [2.24, 2.45) is 5.41 Å². The number of nitrogens with one attached hydrogen (secondary N) is 1. The van der Waals surface area contributed by atoms with E-state index in [1.807, 2.05) is 18.3 Å². The molecule has 1 fully saturated rings. The van der Waals surface area contributed by atoms with Gasteiger partial charge in [0.1, 0.15) is 5.41 Å². The van der Waals surface area contributed by atoms with Gasteiger partial charge in [0.15, 0.2) is 0 Å². The summed E-state index contributed by atoms with van der Waals surface area (Å²) in [5.41, 5.74) is 2.04. The molecule has 1 aliphatic rings. The molecular formula is C13H12N2O. The van der Waals surface area contributed by atoms with E-state index >= 15 is 0 Å². The van der Waals surface area contributed by atoms with Crippen molar-refractivity contribution < 1.29 is 4.74 Å². The highest BCUT2D eigenvalue weighted by Gasteiger charge is 2.39. The summed E-state index contributed by atoms with van der Waals surface area (Å²) in [6.45, 7) is 1.12. The van der Waals surface area contributed by atoms with Gasteiger partial charge in [-0.3, -0.25) is 0 Å². The number of aromatic amines is 1. The van der Waals surface area contributed by atoms with Crippen LogP contribution in [0.4, 0.5) is 0 Å². The average molecular weight is 212 g/mol. The Kier molecular flexibility index (Phi) is 1.98. The van der Waals surface area contributed by atoms with Crippen LogP contribution in [0, 0.1) is 16.7 Å². The molecule has 3 rings (SSSR count). The smallest absolute Gasteiger partial charge is 0.108 e. The topological polar surface area (TPSA) is 48.8 Å². The molecule has 1 N–H and O–H groups in total. The molecule has 1 aromatic carbocycles. The standard InChI is InChI=1S/C13H12N2O/c14-7-13(8-16-9-13)5-10-6-15-12-4-2-1-3-11(10)12/h1-4,6,15H,5,8-9H2. The molecule has 0 saturated carbocycles. The molecule has 16 heavy (non-hydrogen) atoms. The number of para-hydroxylation sites is 1. The van der Waals surface area contributed by atoms with Crippen LogP contribution in [0.1, 0.15) is 5.56 Å². The van der Waals surface area contributed by atoms with E-state index in [9.17, 15) is 0 Å². The van der Waals surface area contributed by atoms with E-state index in [2.05, 4.69) is 23.2 Å². The summed E-state index contributed by atoms with van der Waals surface area (Å²) in [5, 5.41) is 10.4. The molecule has 0 aliphatic carbocycles. The second kappa shape index (κ2) is 3.36. The van der Waals surface area contributed by atoms with Crippen LogP contribution in [0.25, 0.3) is 10.9 Å². The number of hydrogen-bond donors (Lipinski definition) is 1. The molecule has 0 spiro atoms. The molecule has 80 valence electrons. The summed E-state index contributed by atoms with van der Waals surface area (Å²) in [6, 6.07) is 10.6. The fraction of sp³-hybridized carbons (Fsp3) is 0.308. The third kappa shape index (κ3) is 1.31. The van der Waals surface area contributed by atoms with Crippen molar-refractivity contribution in [3.8, 4) is 6.07 Å². The second-order valence-electron chi connectivity index (χ2n) is 4.42. The van der Waals surface area contributed by atoms with Gasteiger partial charge >= 0.3 is 0 Å². The van der Waals surface area contributed by atoms with Crippen molar-refractivity contribution in [2.75, 3.05) is 13.2 Å². The molecular weight excluding hydrogens is 200 g/mol. The van der Waals surface area contributed by atoms with E-state index in [-0.39, 0.29) is 5.41 Å². The maximum atomic E-state index is 9.17. The van der Waals surface area contributed by atoms with Crippen molar-refractivity contribution >= 4 is 10.9 Å². The molecule has 1 aromatic heterocycles. The lowest BCUT2D eigenvalue weighted by molar-refractivity contribution is -0.0763. The SMILES string of the molecule is N#CC1(Cc2c[nH]c3ccccc23)COC1. The zero-order valence-corrected chi connectivity index (χ0v) is 8.86. The maximum Gasteiger partial charge on any atom is 0.108 e. The fourth-order valence-corrected chi connectivity index (χ4v) is 2.20. The number of nitrogens with zero attached hydrogens (tertiary/aromatic N) is 1. The van der Waals surface area contributed by atoms with E-state index in [4.69, 9.17) is 10.00 Å². The molecule has 0 amide bonds. The Labute approximate surface area is 93.6 Å². The van der Waals surface area contributed by atoms with Crippen molar-refractivity contribution in [2.45, 2.75) is 6.42 Å². The van der Waals surface area contributed by atoms with Crippen LogP contribution >= 0.6 is 0 Å². The van der Waals surface area contributed by atoms with E-state index in [0.717, 1.165) is 11.9 Å². The summed E-state index contributed by atoms with van der Waals surface area (Å²) in [4.78, 5) is 3.23. The predicted molar refractivity (Wildman–Crippen MR) is 60.9 cm³/mol. The van der Waals surface area contributed by atoms with E-state index in [1.54, 1.807) is 0 Å². The van der Waals surface area contributed by atoms with Gasteiger partial charge < -0.3 is 9.72 Å². The fourth-order valence-electron chi connectivity index (χ4n) is 2.20. The van der Waals surface area contributed by atoms with Gasteiger partial charge in [0.2, 0.25) is 0 Å². The first-order chi connectivity index (χ1) is 7.83. The van der Waals surface area contributed by atoms with Gasteiger partial charge in [-0.15, -0.1) is 0 Å². The summed E-state index contributed by atoms with van der Waals surface area (Å²) in [7, 11) is 0. The molecule has 3 nitrogen and oxygen atoms in total. The Hall–Kier alpha value is -1.79. The molecule has 1 saturated heterocycles. The lowest BCUT2D eigenvalue weighted by atomic mass is 9.81. The zero-order chi connectivity index (χ0) is 11.0. The summed E-state index contributed by atoms with van der Waals surface area (Å²) in [6.07, 6.45) is 2.77. The first-order valence-corrected chi connectivity index (χ1v) is 5.37. The van der Waals surface area contributed by atoms with Crippen LogP contribution in [-0.4, -0.2) is 18.2 Å². The second-order valence-corrected chi connectivity index (χ2v) is 4.42. The van der Waals surface area contributed by atoms with Crippen LogP contribution in [0.5, 0.6) is 0 Å². The third-order valence-corrected chi connectivity index (χ3v) is 3.20. The lowest BCUT2D eigenvalue weighted by Crippen LogP contribution is -2.42. The summed E-state index contributed by atoms with van der Waals surface area (Å²) in [5.74, 6) is 0. The number of aromatic nitrogens is 1. The van der Waals surface area contributed by atoms with Crippen molar-refractivity contribution in [1.82, 2.24) is 4.98 Å². The number of rotatable bonds is 2. The number of H-pyrrole nitrogens is 1. The molecule has 2 heterocycles. The van der Waals surface area contributed by atoms with Gasteiger partial charge in [0.25, 0.3) is 0 Å². The number of ether oxygens (including phenoxy) is 1. The summed E-state index contributed by atoms with van der Waals surface area (Å²) < 4.78 is 5.16. The van der Waals surface area contributed by atoms with Gasteiger partial charge in [-0.25, -0.2) is 0 Å². The maximum absolute atomic E-state index is 9.17. The summed E-state index contributed by atoms with van der Waals surface area (Å²) >= 11 is 0. The highest BCUT2D eigenvalue weighted by Crippen LogP contribution is 2.33. The van der Waals surface area contributed by atoms with Crippen molar-refractivity contribution in [3.63, 3.8) is 0 Å². The number of fused-ring (bicyclic) bond motifs is 1. The number of nitriles is 1. The van der Waals surface area contributed by atoms with Gasteiger partial charge in [-0.05, 0) is 18.1 Å². The minimum Gasteiger partial charge on any atom is -0.378 e. The van der Waals surface area contributed by atoms with Gasteiger partial charge in [0, 0.05) is 17.1 Å². The van der Waals surface area contributed by atoms with Gasteiger partial charge in [0.05, 0.1) is 19.3 Å². The van der Waals surface area contributed by atoms with Crippen LogP contribution in [0.3, 0.4) is 0 Å². The molecule has 0 unspecified atom stereocenters. The Balaban J connectivity index is 1.98. The minimum absolute atomic E-state index is 0.301. The van der Waals surface area contributed by atoms with Crippen LogP contribution in [-0.2, 0) is 11.2 Å². The van der Waals surface area contributed by atoms with Crippen LogP contribution in [0.2, 0.25) is 0 Å². The number of benzene rings is 1. The van der Waals surface area contributed by atoms with E-state index < -0.39 is 0 Å². The third-order valence-electron chi connectivity index (χ3n) is 3.20. The van der Waals surface area contributed by atoms with Crippen LogP contribution in [0.15, 0.2) is 30.5 Å². The lowest BCUT2D eigenvalue weighted by Gasteiger charge is -2.34. The molecule has 1 aliphatic heterocycles. The first kappa shape index (κ1) is 9.44. The normalized spacial score (nSPS) is 17.9. The Morgan fingerprint density at radius 3 is 2.88 bits per heavy atom. The average Bonchev–Trinajstić information content (AvgIpc) is 2.67. The highest BCUT2D eigenvalue weighted by atomic mass is 16.5. The largest absolute Gasteiger partial charge is 0.378 e. The van der Waals surface area contributed by atoms with Gasteiger partial charge in [-0.1, -0.05) is 18.2 Å². The minimum atomic E-state index is -0.301. The van der Waals surface area contributed by atoms with Crippen molar-refractivity contribution in [1.29, 1.82) is 5.26 Å². The quantitative estimate of drug-likeness (QED) is 0.830. The zero-order valence-electron chi connectivity index (χ0n) is 8.86. The Morgan fingerprint density at radius 1 is 1.38 bits per heavy atom. The Morgan fingerprint density at radius 2 is 2.19 bits per heavy atom. The predicted octanol–water partition coefficient (Wildman–Crippen LogP) is 2.25. The molecule has 3 heteroatoms. The first-order valence-electron chi connectivity index (χ1n) is 5.37. The van der Waals surface area contributed by atoms with E-state index in [0.29, 0.717) is 13.2 Å². The molecule has 0 atom stereocenters. The Bertz CT molecular complexity index is 561. The van der Waals surface area contributed by atoms with E-state index in [1.165, 1.54) is 10.9 Å². The molecule has 0 bridgehead atoms. The van der Waals surface area contributed by atoms with Crippen molar-refractivity contribution in [3.05, 3.63) is 36.0 Å². The van der Waals surface area contributed by atoms with Gasteiger partial charge in [-0.2, -0.15) is 5.26 Å².